The molecule has 0 unspecified atom stereocenters. The molecule has 186 valence electrons. The lowest BCUT2D eigenvalue weighted by atomic mass is 10.1. The van der Waals surface area contributed by atoms with Crippen molar-refractivity contribution in [2.75, 3.05) is 13.1 Å². The summed E-state index contributed by atoms with van der Waals surface area (Å²) in [6, 6.07) is 10.2. The summed E-state index contributed by atoms with van der Waals surface area (Å²) in [7, 11) is 0. The fourth-order valence-corrected chi connectivity index (χ4v) is 4.63. The number of hydrogen-bond donors (Lipinski definition) is 1. The number of halogens is 1. The van der Waals surface area contributed by atoms with E-state index in [9.17, 15) is 4.79 Å². The van der Waals surface area contributed by atoms with Crippen molar-refractivity contribution >= 4 is 40.9 Å². The van der Waals surface area contributed by atoms with Crippen LogP contribution in [0.2, 0.25) is 5.02 Å². The quantitative estimate of drug-likeness (QED) is 0.331. The zero-order chi connectivity index (χ0) is 25.3. The molecule has 0 saturated carbocycles. The molecule has 1 fully saturated rings. The number of likely N-dealkylation sites (tertiary alicyclic amines) is 1. The maximum Gasteiger partial charge on any atom is 0.410 e. The van der Waals surface area contributed by atoms with Crippen LogP contribution in [0.5, 0.6) is 0 Å². The number of rotatable bonds is 4. The van der Waals surface area contributed by atoms with Crippen molar-refractivity contribution in [3.63, 3.8) is 0 Å². The predicted molar refractivity (Wildman–Crippen MR) is 144 cm³/mol. The van der Waals surface area contributed by atoms with Crippen LogP contribution in [-0.2, 0) is 4.74 Å². The molecule has 5 rings (SSSR count). The molecule has 1 saturated heterocycles. The van der Waals surface area contributed by atoms with E-state index in [4.69, 9.17) is 16.3 Å². The third-order valence-electron chi connectivity index (χ3n) is 6.34. The van der Waals surface area contributed by atoms with Crippen molar-refractivity contribution in [1.82, 2.24) is 24.6 Å². The molecule has 1 amide bonds. The van der Waals surface area contributed by atoms with Crippen LogP contribution in [0.15, 0.2) is 55.1 Å². The predicted octanol–water partition coefficient (Wildman–Crippen LogP) is 6.82. The van der Waals surface area contributed by atoms with E-state index in [1.54, 1.807) is 4.90 Å². The van der Waals surface area contributed by atoms with E-state index in [0.29, 0.717) is 13.1 Å². The molecule has 1 aromatic carbocycles. The second kappa shape index (κ2) is 9.82. The second-order valence-electron chi connectivity index (χ2n) is 10.1. The fourth-order valence-electron chi connectivity index (χ4n) is 4.44. The Labute approximate surface area is 215 Å². The third-order valence-corrected chi connectivity index (χ3v) is 6.68. The average Bonchev–Trinajstić information content (AvgIpc) is 3.50. The normalized spacial score (nSPS) is 15.2. The highest BCUT2D eigenvalue weighted by Crippen LogP contribution is 2.29. The molecule has 1 aliphatic rings. The van der Waals surface area contributed by atoms with E-state index in [0.717, 1.165) is 51.2 Å². The number of amides is 1. The Balaban J connectivity index is 1.30. The SMILES string of the molecule is CC(C)(C)OC(=O)N1CCC(n2cc(-c3cnc4[nH]cc(/C=C/c5ccccc5Cl)c4c3)cn2)CC1. The molecule has 4 heterocycles. The Hall–Kier alpha value is -3.58. The van der Waals surface area contributed by atoms with Gasteiger partial charge >= 0.3 is 6.09 Å². The summed E-state index contributed by atoms with van der Waals surface area (Å²) in [6.07, 6.45) is 13.3. The van der Waals surface area contributed by atoms with Gasteiger partial charge in [-0.3, -0.25) is 4.68 Å². The number of nitrogens with one attached hydrogen (secondary N) is 1. The number of nitrogens with zero attached hydrogens (tertiary/aromatic N) is 4. The highest BCUT2D eigenvalue weighted by atomic mass is 35.5. The fraction of sp³-hybridized carbons (Fsp3) is 0.321. The Morgan fingerprint density at radius 1 is 1.11 bits per heavy atom. The number of piperidine rings is 1. The van der Waals surface area contributed by atoms with Crippen LogP contribution in [0, 0.1) is 0 Å². The van der Waals surface area contributed by atoms with Gasteiger partial charge in [-0.05, 0) is 51.3 Å². The van der Waals surface area contributed by atoms with Gasteiger partial charge in [-0.15, -0.1) is 0 Å². The van der Waals surface area contributed by atoms with E-state index in [2.05, 4.69) is 27.3 Å². The molecule has 7 nitrogen and oxygen atoms in total. The topological polar surface area (TPSA) is 76.0 Å². The number of benzene rings is 1. The van der Waals surface area contributed by atoms with Gasteiger partial charge in [0.2, 0.25) is 0 Å². The maximum atomic E-state index is 12.4. The zero-order valence-electron chi connectivity index (χ0n) is 20.7. The number of aromatic nitrogens is 4. The van der Waals surface area contributed by atoms with Crippen LogP contribution in [0.1, 0.15) is 50.8 Å². The largest absolute Gasteiger partial charge is 0.444 e. The number of aromatic amines is 1. The average molecular weight is 504 g/mol. The van der Waals surface area contributed by atoms with Crippen LogP contribution in [0.4, 0.5) is 4.79 Å². The third kappa shape index (κ3) is 5.31. The highest BCUT2D eigenvalue weighted by Gasteiger charge is 2.28. The summed E-state index contributed by atoms with van der Waals surface area (Å²) >= 11 is 6.30. The van der Waals surface area contributed by atoms with Gasteiger partial charge in [-0.1, -0.05) is 42.0 Å². The van der Waals surface area contributed by atoms with Crippen LogP contribution < -0.4 is 0 Å². The Morgan fingerprint density at radius 3 is 2.61 bits per heavy atom. The standard InChI is InChI=1S/C28H30ClN5O2/c1-28(2,3)36-27(35)33-12-10-23(11-13-33)34-18-22(17-32-34)21-14-24-20(15-30-26(24)31-16-21)9-8-19-6-4-5-7-25(19)29/h4-9,14-18,23H,10-13H2,1-3H3,(H,30,31)/b9-8+. The van der Waals surface area contributed by atoms with Crippen LogP contribution in [-0.4, -0.2) is 49.4 Å². The molecule has 0 bridgehead atoms. The molecule has 0 spiro atoms. The lowest BCUT2D eigenvalue weighted by molar-refractivity contribution is 0.0185. The molecule has 0 atom stereocenters. The van der Waals surface area contributed by atoms with E-state index in [1.807, 2.05) is 80.5 Å². The number of hydrogen-bond acceptors (Lipinski definition) is 4. The van der Waals surface area contributed by atoms with Gasteiger partial charge in [0.05, 0.1) is 12.2 Å². The Kier molecular flexibility index (Phi) is 6.58. The molecular formula is C28H30ClN5O2. The molecule has 4 aromatic rings. The van der Waals surface area contributed by atoms with Gasteiger partial charge in [0.1, 0.15) is 11.2 Å². The van der Waals surface area contributed by atoms with Crippen molar-refractivity contribution in [3.05, 3.63) is 71.3 Å². The smallest absolute Gasteiger partial charge is 0.410 e. The Bertz CT molecular complexity index is 1410. The van der Waals surface area contributed by atoms with E-state index in [-0.39, 0.29) is 12.1 Å². The number of carbonyl (C=O) groups is 1. The van der Waals surface area contributed by atoms with Crippen molar-refractivity contribution in [2.45, 2.75) is 45.3 Å². The van der Waals surface area contributed by atoms with Crippen molar-refractivity contribution in [1.29, 1.82) is 0 Å². The first kappa shape index (κ1) is 24.1. The van der Waals surface area contributed by atoms with Crippen molar-refractivity contribution < 1.29 is 9.53 Å². The first-order valence-electron chi connectivity index (χ1n) is 12.2. The molecule has 3 aromatic heterocycles. The minimum atomic E-state index is -0.482. The molecule has 1 N–H and O–H groups in total. The maximum absolute atomic E-state index is 12.4. The van der Waals surface area contributed by atoms with Gasteiger partial charge in [0.15, 0.2) is 0 Å². The zero-order valence-corrected chi connectivity index (χ0v) is 21.5. The number of carbonyl (C=O) groups excluding carboxylic acids is 1. The minimum Gasteiger partial charge on any atom is -0.444 e. The highest BCUT2D eigenvalue weighted by molar-refractivity contribution is 6.32. The van der Waals surface area contributed by atoms with E-state index >= 15 is 0 Å². The van der Waals surface area contributed by atoms with Crippen LogP contribution in [0.3, 0.4) is 0 Å². The van der Waals surface area contributed by atoms with Gasteiger partial charge in [0, 0.05) is 58.8 Å². The lowest BCUT2D eigenvalue weighted by Crippen LogP contribution is -2.42. The van der Waals surface area contributed by atoms with Crippen LogP contribution in [0.25, 0.3) is 34.3 Å². The molecule has 0 radical (unpaired) electrons. The molecule has 0 aliphatic carbocycles. The van der Waals surface area contributed by atoms with Crippen molar-refractivity contribution in [3.8, 4) is 11.1 Å². The Morgan fingerprint density at radius 2 is 1.86 bits per heavy atom. The summed E-state index contributed by atoms with van der Waals surface area (Å²) in [5.74, 6) is 0. The van der Waals surface area contributed by atoms with E-state index < -0.39 is 5.60 Å². The number of pyridine rings is 1. The van der Waals surface area contributed by atoms with Gasteiger partial charge in [0.25, 0.3) is 0 Å². The summed E-state index contributed by atoms with van der Waals surface area (Å²) < 4.78 is 7.53. The van der Waals surface area contributed by atoms with Crippen molar-refractivity contribution in [2.24, 2.45) is 0 Å². The second-order valence-corrected chi connectivity index (χ2v) is 10.5. The van der Waals surface area contributed by atoms with Gasteiger partial charge < -0.3 is 14.6 Å². The minimum absolute atomic E-state index is 0.243. The van der Waals surface area contributed by atoms with Gasteiger partial charge in [-0.2, -0.15) is 5.10 Å². The molecule has 1 aliphatic heterocycles. The van der Waals surface area contributed by atoms with Crippen LogP contribution >= 0.6 is 11.6 Å². The molecular weight excluding hydrogens is 474 g/mol. The van der Waals surface area contributed by atoms with Gasteiger partial charge in [-0.25, -0.2) is 9.78 Å². The molecule has 36 heavy (non-hydrogen) atoms. The summed E-state index contributed by atoms with van der Waals surface area (Å²) in [6.45, 7) is 6.99. The first-order chi connectivity index (χ1) is 17.3. The number of fused-ring (bicyclic) bond motifs is 1. The monoisotopic (exact) mass is 503 g/mol. The first-order valence-corrected chi connectivity index (χ1v) is 12.6. The molecule has 8 heteroatoms. The van der Waals surface area contributed by atoms with E-state index in [1.165, 1.54) is 0 Å². The lowest BCUT2D eigenvalue weighted by Gasteiger charge is -2.33. The summed E-state index contributed by atoms with van der Waals surface area (Å²) in [5, 5.41) is 6.39. The summed E-state index contributed by atoms with van der Waals surface area (Å²) in [5.41, 5.74) is 4.38. The summed E-state index contributed by atoms with van der Waals surface area (Å²) in [4.78, 5) is 22.0. The number of H-pyrrole nitrogens is 1. The number of ether oxygens (including phenoxy) is 1.